The first-order valence-corrected chi connectivity index (χ1v) is 14.5. The highest BCUT2D eigenvalue weighted by Gasteiger charge is 2.32. The predicted octanol–water partition coefficient (Wildman–Crippen LogP) is 8.24. The largest absolute Gasteiger partial charge is 0.457 e. The quantitative estimate of drug-likeness (QED) is 0.325. The molecule has 1 aliphatic rings. The van der Waals surface area contributed by atoms with Crippen LogP contribution in [0, 0.1) is 36.5 Å². The molecular weight excluding hydrogens is 454 g/mol. The SMILES string of the molecule is C/C1=C/C[C@@H](/C(C)=C/c2csc(C)n2)OC(=O)CC(O)[C@@H](C)[C@H](C)[C@H](C)[C@@H](C)[C@@H](C)CCC1.CC. The summed E-state index contributed by atoms with van der Waals surface area (Å²) in [5, 5.41) is 13.9. The van der Waals surface area contributed by atoms with Crippen LogP contribution in [0.2, 0.25) is 0 Å². The third-order valence-corrected chi connectivity index (χ3v) is 8.86. The fraction of sp³-hybridized carbons (Fsp3) is 0.733. The number of hydrogen-bond donors (Lipinski definition) is 1. The molecule has 2 rings (SSSR count). The molecule has 1 aromatic rings. The van der Waals surface area contributed by atoms with Crippen LogP contribution < -0.4 is 0 Å². The van der Waals surface area contributed by atoms with E-state index in [0.29, 0.717) is 30.1 Å². The Labute approximate surface area is 219 Å². The summed E-state index contributed by atoms with van der Waals surface area (Å²) in [6.07, 6.45) is 7.31. The summed E-state index contributed by atoms with van der Waals surface area (Å²) in [5.74, 6) is 1.71. The lowest BCUT2D eigenvalue weighted by molar-refractivity contribution is -0.150. The van der Waals surface area contributed by atoms with Crippen molar-refractivity contribution < 1.29 is 14.6 Å². The van der Waals surface area contributed by atoms with Crippen molar-refractivity contribution in [1.82, 2.24) is 4.98 Å². The zero-order chi connectivity index (χ0) is 26.7. The van der Waals surface area contributed by atoms with Crippen molar-refractivity contribution in [1.29, 1.82) is 0 Å². The number of allylic oxidation sites excluding steroid dienone is 1. The molecule has 1 unspecified atom stereocenters. The Morgan fingerprint density at radius 1 is 1.09 bits per heavy atom. The number of cyclic esters (lactones) is 1. The van der Waals surface area contributed by atoms with Crippen LogP contribution in [0.5, 0.6) is 0 Å². The van der Waals surface area contributed by atoms with Gasteiger partial charge >= 0.3 is 5.97 Å². The summed E-state index contributed by atoms with van der Waals surface area (Å²) < 4.78 is 5.92. The van der Waals surface area contributed by atoms with Gasteiger partial charge in [0.1, 0.15) is 6.10 Å². The van der Waals surface area contributed by atoms with E-state index in [-0.39, 0.29) is 24.4 Å². The lowest BCUT2D eigenvalue weighted by Gasteiger charge is -2.35. The fourth-order valence-corrected chi connectivity index (χ4v) is 5.44. The Bertz CT molecular complexity index is 827. The summed E-state index contributed by atoms with van der Waals surface area (Å²) in [4.78, 5) is 17.4. The fourth-order valence-electron chi connectivity index (χ4n) is 4.87. The standard InChI is InChI=1S/C28H45NO3S.C2H6/c1-17-10-9-11-18(2)20(4)21(5)22(6)23(7)26(30)15-28(31)32-27(13-12-17)19(3)14-25-16-33-24(8)29-25;1-2/h12,14,16,18,20-23,26-27,30H,9-11,13,15H2,1-8H3;1-2H3/b17-12-,19-14+;/t18-,20-,21+,22+,23-,26?,27-;/m0./s1. The zero-order valence-corrected chi connectivity index (χ0v) is 24.7. The molecule has 1 N–H and O–H groups in total. The number of nitrogens with zero attached hydrogens (tertiary/aromatic N) is 1. The van der Waals surface area contributed by atoms with Crippen LogP contribution in [0.25, 0.3) is 6.08 Å². The number of ether oxygens (including phenoxy) is 1. The average molecular weight is 506 g/mol. The second-order valence-corrected chi connectivity index (χ2v) is 11.6. The number of aromatic nitrogens is 1. The summed E-state index contributed by atoms with van der Waals surface area (Å²) >= 11 is 1.61. The summed E-state index contributed by atoms with van der Waals surface area (Å²) in [6, 6.07) is 0. The lowest BCUT2D eigenvalue weighted by atomic mass is 9.71. The van der Waals surface area contributed by atoms with Gasteiger partial charge in [-0.15, -0.1) is 11.3 Å². The Balaban J connectivity index is 0.00000298. The van der Waals surface area contributed by atoms with Gasteiger partial charge in [-0.2, -0.15) is 0 Å². The first kappa shape index (κ1) is 31.6. The van der Waals surface area contributed by atoms with Crippen molar-refractivity contribution in [3.63, 3.8) is 0 Å². The zero-order valence-electron chi connectivity index (χ0n) is 23.9. The Kier molecular flexibility index (Phi) is 14.1. The van der Waals surface area contributed by atoms with Gasteiger partial charge < -0.3 is 9.84 Å². The van der Waals surface area contributed by atoms with Crippen LogP contribution in [0.4, 0.5) is 0 Å². The van der Waals surface area contributed by atoms with Crippen molar-refractivity contribution in [2.24, 2.45) is 29.6 Å². The third kappa shape index (κ3) is 10.2. The molecule has 200 valence electrons. The van der Waals surface area contributed by atoms with E-state index < -0.39 is 6.10 Å². The second kappa shape index (κ2) is 15.6. The lowest BCUT2D eigenvalue weighted by Crippen LogP contribution is -2.34. The Morgan fingerprint density at radius 2 is 1.71 bits per heavy atom. The van der Waals surface area contributed by atoms with Crippen LogP contribution in [-0.2, 0) is 9.53 Å². The van der Waals surface area contributed by atoms with Gasteiger partial charge in [0.15, 0.2) is 0 Å². The molecule has 0 radical (unpaired) electrons. The number of rotatable bonds is 2. The number of hydrogen-bond acceptors (Lipinski definition) is 5. The highest BCUT2D eigenvalue weighted by atomic mass is 32.1. The van der Waals surface area contributed by atoms with Gasteiger partial charge in [-0.3, -0.25) is 4.79 Å². The smallest absolute Gasteiger partial charge is 0.309 e. The third-order valence-electron chi connectivity index (χ3n) is 8.07. The number of aliphatic hydroxyl groups excluding tert-OH is 1. The van der Waals surface area contributed by atoms with E-state index in [1.54, 1.807) is 11.3 Å². The van der Waals surface area contributed by atoms with Crippen molar-refractivity contribution in [3.8, 4) is 0 Å². The predicted molar refractivity (Wildman–Crippen MR) is 150 cm³/mol. The highest BCUT2D eigenvalue weighted by molar-refractivity contribution is 7.09. The normalized spacial score (nSPS) is 33.7. The molecule has 0 amide bonds. The first-order chi connectivity index (χ1) is 16.5. The summed E-state index contributed by atoms with van der Waals surface area (Å²) in [7, 11) is 0. The van der Waals surface area contributed by atoms with Crippen LogP contribution >= 0.6 is 11.3 Å². The number of carbonyl (C=O) groups excluding carboxylic acids is 1. The molecule has 5 heteroatoms. The number of esters is 1. The van der Waals surface area contributed by atoms with Crippen LogP contribution in [0.1, 0.15) is 105 Å². The minimum atomic E-state index is -0.700. The van der Waals surface area contributed by atoms with Gasteiger partial charge in [0.2, 0.25) is 0 Å². The van der Waals surface area contributed by atoms with E-state index in [0.717, 1.165) is 22.7 Å². The molecule has 0 fully saturated rings. The van der Waals surface area contributed by atoms with Gasteiger partial charge in [-0.25, -0.2) is 4.98 Å². The molecule has 1 aromatic heterocycles. The van der Waals surface area contributed by atoms with Gasteiger partial charge in [-0.05, 0) is 74.9 Å². The van der Waals surface area contributed by atoms with Crippen molar-refractivity contribution >= 4 is 23.4 Å². The van der Waals surface area contributed by atoms with E-state index in [1.165, 1.54) is 18.4 Å². The minimum absolute atomic E-state index is 0.0322. The van der Waals surface area contributed by atoms with E-state index in [2.05, 4.69) is 52.6 Å². The number of carbonyl (C=O) groups is 1. The molecule has 35 heavy (non-hydrogen) atoms. The number of aliphatic hydroxyl groups is 1. The Hall–Kier alpha value is -1.46. The molecule has 0 aromatic carbocycles. The van der Waals surface area contributed by atoms with E-state index >= 15 is 0 Å². The maximum atomic E-state index is 12.8. The monoisotopic (exact) mass is 505 g/mol. The minimum Gasteiger partial charge on any atom is -0.457 e. The molecule has 0 spiro atoms. The maximum absolute atomic E-state index is 12.8. The van der Waals surface area contributed by atoms with Crippen molar-refractivity contribution in [2.45, 2.75) is 114 Å². The van der Waals surface area contributed by atoms with Gasteiger partial charge in [0, 0.05) is 11.8 Å². The van der Waals surface area contributed by atoms with Crippen molar-refractivity contribution in [2.75, 3.05) is 0 Å². The first-order valence-electron chi connectivity index (χ1n) is 13.6. The van der Waals surface area contributed by atoms with Crippen molar-refractivity contribution in [3.05, 3.63) is 33.3 Å². The van der Waals surface area contributed by atoms with Crippen LogP contribution in [-0.4, -0.2) is 28.3 Å². The van der Waals surface area contributed by atoms with Crippen LogP contribution in [0.3, 0.4) is 0 Å². The van der Waals surface area contributed by atoms with Gasteiger partial charge in [0.25, 0.3) is 0 Å². The number of aryl methyl sites for hydroxylation is 1. The molecule has 1 aliphatic heterocycles. The summed E-state index contributed by atoms with van der Waals surface area (Å²) in [5.41, 5.74) is 3.22. The number of thiazole rings is 1. The molecule has 4 nitrogen and oxygen atoms in total. The van der Waals surface area contributed by atoms with Gasteiger partial charge in [-0.1, -0.05) is 66.5 Å². The molecular formula is C30H51NO3S. The topological polar surface area (TPSA) is 59.4 Å². The second-order valence-electron chi connectivity index (χ2n) is 10.5. The average Bonchev–Trinajstić information content (AvgIpc) is 3.24. The van der Waals surface area contributed by atoms with E-state index in [9.17, 15) is 9.90 Å². The highest BCUT2D eigenvalue weighted by Crippen LogP contribution is 2.35. The van der Waals surface area contributed by atoms with E-state index in [4.69, 9.17) is 4.74 Å². The molecule has 0 saturated carbocycles. The van der Waals surface area contributed by atoms with Crippen LogP contribution in [0.15, 0.2) is 22.6 Å². The Morgan fingerprint density at radius 3 is 2.31 bits per heavy atom. The molecule has 0 aliphatic carbocycles. The summed E-state index contributed by atoms with van der Waals surface area (Å²) in [6.45, 7) is 21.4. The molecule has 0 saturated heterocycles. The van der Waals surface area contributed by atoms with Gasteiger partial charge in [0.05, 0.1) is 23.2 Å². The molecule has 7 atom stereocenters. The maximum Gasteiger partial charge on any atom is 0.309 e. The molecule has 2 heterocycles. The van der Waals surface area contributed by atoms with E-state index in [1.807, 2.05) is 39.2 Å². The molecule has 0 bridgehead atoms.